The second kappa shape index (κ2) is 9.51. The molecular formula is C19H24FN3O6S. The number of hydrogen-bond acceptors (Lipinski definition) is 7. The van der Waals surface area contributed by atoms with Crippen molar-refractivity contribution in [2.75, 3.05) is 32.9 Å². The molecule has 1 atom stereocenters. The quantitative estimate of drug-likeness (QED) is 0.627. The molecule has 0 aromatic heterocycles. The van der Waals surface area contributed by atoms with E-state index in [0.29, 0.717) is 0 Å². The van der Waals surface area contributed by atoms with E-state index in [-0.39, 0.29) is 37.8 Å². The third kappa shape index (κ3) is 5.33. The minimum atomic E-state index is -4.16. The molecule has 11 heteroatoms. The van der Waals surface area contributed by atoms with E-state index < -0.39 is 44.8 Å². The van der Waals surface area contributed by atoms with Gasteiger partial charge in [-0.05, 0) is 31.0 Å². The third-order valence-corrected chi connectivity index (χ3v) is 6.79. The Bertz CT molecular complexity index is 954. The summed E-state index contributed by atoms with van der Waals surface area (Å²) < 4.78 is 50.7. The largest absolute Gasteiger partial charge is 0.452 e. The lowest BCUT2D eigenvalue weighted by molar-refractivity contribution is -0.125. The van der Waals surface area contributed by atoms with Gasteiger partial charge in [0.25, 0.3) is 5.91 Å². The molecule has 1 aromatic carbocycles. The van der Waals surface area contributed by atoms with Crippen molar-refractivity contribution in [3.05, 3.63) is 29.6 Å². The number of nitriles is 1. The molecule has 1 aromatic rings. The van der Waals surface area contributed by atoms with Gasteiger partial charge in [-0.1, -0.05) is 13.8 Å². The highest BCUT2D eigenvalue weighted by Gasteiger charge is 2.31. The fourth-order valence-corrected chi connectivity index (χ4v) is 4.09. The highest BCUT2D eigenvalue weighted by molar-refractivity contribution is 7.89. The number of morpholine rings is 1. The average molecular weight is 441 g/mol. The van der Waals surface area contributed by atoms with Gasteiger partial charge in [-0.15, -0.1) is 0 Å². The Hall–Kier alpha value is -2.55. The third-order valence-electron chi connectivity index (χ3n) is 4.88. The Kier molecular flexibility index (Phi) is 7.52. The molecule has 1 heterocycles. The van der Waals surface area contributed by atoms with Crippen molar-refractivity contribution in [1.82, 2.24) is 9.62 Å². The predicted octanol–water partition coefficient (Wildman–Crippen LogP) is 1.06. The van der Waals surface area contributed by atoms with Gasteiger partial charge in [-0.3, -0.25) is 4.79 Å². The topological polar surface area (TPSA) is 126 Å². The molecule has 2 rings (SSSR count). The second-order valence-corrected chi connectivity index (χ2v) is 9.16. The van der Waals surface area contributed by atoms with Crippen molar-refractivity contribution in [2.24, 2.45) is 5.92 Å². The number of benzene rings is 1. The number of carbonyl (C=O) groups is 2. The van der Waals surface area contributed by atoms with Crippen molar-refractivity contribution >= 4 is 21.9 Å². The highest BCUT2D eigenvalue weighted by atomic mass is 32.2. The zero-order valence-electron chi connectivity index (χ0n) is 17.0. The lowest BCUT2D eigenvalue weighted by Gasteiger charge is -2.27. The summed E-state index contributed by atoms with van der Waals surface area (Å²) in [5.41, 5.74) is -1.36. The summed E-state index contributed by atoms with van der Waals surface area (Å²) in [7, 11) is -4.16. The SMILES string of the molecule is CC(C)C(C)(C#N)NC(=O)COC(=O)c1ccc(F)c(S(=O)(=O)N2CCOCC2)c1. The Labute approximate surface area is 174 Å². The van der Waals surface area contributed by atoms with Crippen LogP contribution in [0.2, 0.25) is 0 Å². The van der Waals surface area contributed by atoms with Gasteiger partial charge < -0.3 is 14.8 Å². The van der Waals surface area contributed by atoms with Crippen LogP contribution >= 0.6 is 0 Å². The second-order valence-electron chi connectivity index (χ2n) is 7.25. The molecule has 0 spiro atoms. The fraction of sp³-hybridized carbons (Fsp3) is 0.526. The molecule has 164 valence electrons. The van der Waals surface area contributed by atoms with Crippen LogP contribution in [0, 0.1) is 23.1 Å². The van der Waals surface area contributed by atoms with Crippen LogP contribution in [-0.4, -0.2) is 63.0 Å². The van der Waals surface area contributed by atoms with Crippen LogP contribution in [0.3, 0.4) is 0 Å². The van der Waals surface area contributed by atoms with Gasteiger partial charge in [0.05, 0.1) is 24.8 Å². The number of nitrogens with zero attached hydrogens (tertiary/aromatic N) is 2. The Morgan fingerprint density at radius 3 is 2.57 bits per heavy atom. The van der Waals surface area contributed by atoms with Crippen LogP contribution in [0.5, 0.6) is 0 Å². The minimum Gasteiger partial charge on any atom is -0.452 e. The standard InChI is InChI=1S/C19H24FN3O6S/c1-13(2)19(3,12-21)22-17(24)11-29-18(25)14-4-5-15(20)16(10-14)30(26,27)23-6-8-28-9-7-23/h4-5,10,13H,6-9,11H2,1-3H3,(H,22,24). The first-order chi connectivity index (χ1) is 14.0. The number of rotatable bonds is 7. The molecule has 1 aliphatic heterocycles. The van der Waals surface area contributed by atoms with Crippen molar-refractivity contribution in [3.63, 3.8) is 0 Å². The van der Waals surface area contributed by atoms with Crippen molar-refractivity contribution in [3.8, 4) is 6.07 Å². The number of hydrogen-bond donors (Lipinski definition) is 1. The number of sulfonamides is 1. The van der Waals surface area contributed by atoms with E-state index in [0.717, 1.165) is 22.5 Å². The first kappa shape index (κ1) is 23.7. The Morgan fingerprint density at radius 2 is 2.00 bits per heavy atom. The van der Waals surface area contributed by atoms with Crippen LogP contribution in [0.15, 0.2) is 23.1 Å². The van der Waals surface area contributed by atoms with E-state index in [1.165, 1.54) is 0 Å². The number of nitrogens with one attached hydrogen (secondary N) is 1. The molecule has 1 amide bonds. The fourth-order valence-electron chi connectivity index (χ4n) is 2.60. The number of amides is 1. The summed E-state index contributed by atoms with van der Waals surface area (Å²) in [5.74, 6) is -2.87. The molecule has 1 aliphatic rings. The molecule has 0 radical (unpaired) electrons. The van der Waals surface area contributed by atoms with E-state index in [4.69, 9.17) is 9.47 Å². The zero-order valence-corrected chi connectivity index (χ0v) is 17.8. The summed E-state index contributed by atoms with van der Waals surface area (Å²) >= 11 is 0. The molecule has 30 heavy (non-hydrogen) atoms. The maximum absolute atomic E-state index is 14.2. The normalized spacial score (nSPS) is 17.1. The van der Waals surface area contributed by atoms with Crippen molar-refractivity contribution in [1.29, 1.82) is 5.26 Å². The molecule has 1 saturated heterocycles. The monoisotopic (exact) mass is 441 g/mol. The number of carbonyl (C=O) groups excluding carboxylic acids is 2. The van der Waals surface area contributed by atoms with Crippen LogP contribution < -0.4 is 5.32 Å². The van der Waals surface area contributed by atoms with Crippen LogP contribution in [0.25, 0.3) is 0 Å². The lowest BCUT2D eigenvalue weighted by Crippen LogP contribution is -2.50. The Morgan fingerprint density at radius 1 is 1.37 bits per heavy atom. The molecule has 0 aliphatic carbocycles. The maximum Gasteiger partial charge on any atom is 0.338 e. The van der Waals surface area contributed by atoms with Gasteiger partial charge in [-0.2, -0.15) is 9.57 Å². The summed E-state index contributed by atoms with van der Waals surface area (Å²) in [6.45, 7) is 4.90. The van der Waals surface area contributed by atoms with Gasteiger partial charge in [0, 0.05) is 13.1 Å². The summed E-state index contributed by atoms with van der Waals surface area (Å²) in [5, 5.41) is 11.7. The smallest absolute Gasteiger partial charge is 0.338 e. The number of esters is 1. The highest BCUT2D eigenvalue weighted by Crippen LogP contribution is 2.22. The maximum atomic E-state index is 14.2. The van der Waals surface area contributed by atoms with Crippen LogP contribution in [0.1, 0.15) is 31.1 Å². The lowest BCUT2D eigenvalue weighted by atomic mass is 9.90. The molecule has 1 fully saturated rings. The van der Waals surface area contributed by atoms with E-state index in [1.807, 2.05) is 6.07 Å². The molecule has 1 N–H and O–H groups in total. The van der Waals surface area contributed by atoms with E-state index >= 15 is 0 Å². The van der Waals surface area contributed by atoms with E-state index in [9.17, 15) is 27.7 Å². The van der Waals surface area contributed by atoms with Crippen LogP contribution in [-0.2, 0) is 24.3 Å². The van der Waals surface area contributed by atoms with E-state index in [2.05, 4.69) is 5.32 Å². The van der Waals surface area contributed by atoms with E-state index in [1.54, 1.807) is 20.8 Å². The van der Waals surface area contributed by atoms with Gasteiger partial charge in [-0.25, -0.2) is 17.6 Å². The van der Waals surface area contributed by atoms with Gasteiger partial charge in [0.1, 0.15) is 16.3 Å². The molecule has 9 nitrogen and oxygen atoms in total. The van der Waals surface area contributed by atoms with Crippen LogP contribution in [0.4, 0.5) is 4.39 Å². The number of ether oxygens (including phenoxy) is 2. The predicted molar refractivity (Wildman–Crippen MR) is 103 cm³/mol. The molecule has 1 unspecified atom stereocenters. The van der Waals surface area contributed by atoms with Crippen molar-refractivity contribution in [2.45, 2.75) is 31.2 Å². The Balaban J connectivity index is 2.11. The van der Waals surface area contributed by atoms with Gasteiger partial charge in [0.15, 0.2) is 6.61 Å². The summed E-state index contributed by atoms with van der Waals surface area (Å²) in [6, 6.07) is 4.81. The van der Waals surface area contributed by atoms with Crippen molar-refractivity contribution < 1.29 is 31.9 Å². The first-order valence-electron chi connectivity index (χ1n) is 9.28. The number of halogens is 1. The minimum absolute atomic E-state index is 0.0735. The van der Waals surface area contributed by atoms with Gasteiger partial charge >= 0.3 is 5.97 Å². The van der Waals surface area contributed by atoms with Gasteiger partial charge in [0.2, 0.25) is 10.0 Å². The molecule has 0 saturated carbocycles. The molecular weight excluding hydrogens is 417 g/mol. The summed E-state index contributed by atoms with van der Waals surface area (Å²) in [4.78, 5) is 23.6. The zero-order chi connectivity index (χ0) is 22.5. The first-order valence-corrected chi connectivity index (χ1v) is 10.7. The average Bonchev–Trinajstić information content (AvgIpc) is 2.72. The summed E-state index contributed by atoms with van der Waals surface area (Å²) in [6.07, 6.45) is 0. The molecule has 0 bridgehead atoms.